The van der Waals surface area contributed by atoms with Crippen LogP contribution in [0.2, 0.25) is 0 Å². The van der Waals surface area contributed by atoms with Crippen LogP contribution in [0.3, 0.4) is 0 Å². The lowest BCUT2D eigenvalue weighted by Crippen LogP contribution is -2.45. The molecule has 0 saturated heterocycles. The van der Waals surface area contributed by atoms with Crippen LogP contribution in [0.1, 0.15) is 30.1 Å². The summed E-state index contributed by atoms with van der Waals surface area (Å²) in [5, 5.41) is 10.8. The van der Waals surface area contributed by atoms with Gasteiger partial charge < -0.3 is 9.05 Å². The van der Waals surface area contributed by atoms with Crippen LogP contribution < -0.4 is 19.9 Å². The predicted octanol–water partition coefficient (Wildman–Crippen LogP) is 5.31. The largest absolute Gasteiger partial charge is 0.449 e. The first kappa shape index (κ1) is 24.0. The fourth-order valence-corrected chi connectivity index (χ4v) is 4.86. The quantitative estimate of drug-likeness (QED) is 0.222. The van der Waals surface area contributed by atoms with Gasteiger partial charge in [0.15, 0.2) is 5.78 Å². The Morgan fingerprint density at radius 1 is 0.939 bits per heavy atom. The molecule has 0 aliphatic carbocycles. The second kappa shape index (κ2) is 11.3. The molecule has 0 saturated carbocycles. The highest BCUT2D eigenvalue weighted by atomic mass is 31.2. The molecule has 172 valence electrons. The highest BCUT2D eigenvalue weighted by Crippen LogP contribution is 2.53. The molecular weight excluding hydrogens is 445 g/mol. The van der Waals surface area contributed by atoms with E-state index in [9.17, 15) is 19.5 Å². The number of nitro groups is 1. The standard InChI is InChI=1S/C23H24N3O6P/c1-2-9-22(24-25-23(27)18-14-16-19(17-15-18)26(28)29)33(30,31-20-10-5-3-6-11-20)32-21-12-7-4-8-13-21/h3-8,10-17,22,24H,2,9H2,1H3,(H,25,27)/t22-/m1/s1. The molecule has 0 aromatic heterocycles. The van der Waals surface area contributed by atoms with E-state index in [2.05, 4.69) is 10.9 Å². The molecule has 3 rings (SSSR count). The van der Waals surface area contributed by atoms with Crippen molar-refractivity contribution >= 4 is 19.2 Å². The van der Waals surface area contributed by atoms with Crippen LogP contribution >= 0.6 is 7.60 Å². The van der Waals surface area contributed by atoms with Gasteiger partial charge in [-0.25, -0.2) is 9.99 Å². The number of nitrogens with zero attached hydrogens (tertiary/aromatic N) is 1. The Bertz CT molecular complexity index is 1060. The number of hydrazine groups is 1. The van der Waals surface area contributed by atoms with Gasteiger partial charge in [0.2, 0.25) is 0 Å². The van der Waals surface area contributed by atoms with Crippen molar-refractivity contribution in [3.8, 4) is 11.5 Å². The highest BCUT2D eigenvalue weighted by molar-refractivity contribution is 7.55. The summed E-state index contributed by atoms with van der Waals surface area (Å²) < 4.78 is 25.7. The number of amides is 1. The zero-order valence-corrected chi connectivity index (χ0v) is 18.8. The van der Waals surface area contributed by atoms with E-state index in [0.717, 1.165) is 0 Å². The maximum atomic E-state index is 14.0. The zero-order valence-electron chi connectivity index (χ0n) is 17.9. The highest BCUT2D eigenvalue weighted by Gasteiger charge is 2.39. The van der Waals surface area contributed by atoms with Gasteiger partial charge in [-0.3, -0.25) is 20.3 Å². The maximum Gasteiger partial charge on any atom is 0.449 e. The van der Waals surface area contributed by atoms with E-state index in [-0.39, 0.29) is 11.3 Å². The molecule has 3 aromatic rings. The number of nitrogens with one attached hydrogen (secondary N) is 2. The number of rotatable bonds is 11. The van der Waals surface area contributed by atoms with E-state index in [0.29, 0.717) is 24.3 Å². The smallest absolute Gasteiger partial charge is 0.415 e. The lowest BCUT2D eigenvalue weighted by Gasteiger charge is -2.28. The molecule has 0 heterocycles. The fraction of sp³-hybridized carbons (Fsp3) is 0.174. The molecular formula is C23H24N3O6P. The summed E-state index contributed by atoms with van der Waals surface area (Å²) >= 11 is 0. The summed E-state index contributed by atoms with van der Waals surface area (Å²) in [5.41, 5.74) is 5.39. The summed E-state index contributed by atoms with van der Waals surface area (Å²) in [4.78, 5) is 22.8. The molecule has 10 heteroatoms. The van der Waals surface area contributed by atoms with E-state index in [1.807, 2.05) is 19.1 Å². The van der Waals surface area contributed by atoms with Gasteiger partial charge in [-0.15, -0.1) is 0 Å². The normalized spacial score (nSPS) is 11.9. The number of nitro benzene ring substituents is 1. The number of non-ortho nitro benzene ring substituents is 1. The molecule has 0 fully saturated rings. The molecule has 0 bridgehead atoms. The van der Waals surface area contributed by atoms with E-state index < -0.39 is 24.2 Å². The molecule has 1 amide bonds. The Labute approximate surface area is 191 Å². The SMILES string of the molecule is CCC[C@H](NNC(=O)c1ccc([N+](=O)[O-])cc1)P(=O)(Oc1ccccc1)Oc1ccccc1. The Morgan fingerprint density at radius 3 is 1.91 bits per heavy atom. The van der Waals surface area contributed by atoms with E-state index in [1.54, 1.807) is 48.5 Å². The van der Waals surface area contributed by atoms with Crippen molar-refractivity contribution in [2.75, 3.05) is 0 Å². The van der Waals surface area contributed by atoms with Gasteiger partial charge in [-0.1, -0.05) is 49.7 Å². The van der Waals surface area contributed by atoms with Crippen LogP contribution in [-0.4, -0.2) is 16.6 Å². The Morgan fingerprint density at radius 2 is 1.45 bits per heavy atom. The van der Waals surface area contributed by atoms with Gasteiger partial charge in [0, 0.05) is 17.7 Å². The zero-order chi connectivity index (χ0) is 23.7. The van der Waals surface area contributed by atoms with Crippen molar-refractivity contribution < 1.29 is 23.3 Å². The number of hydrogen-bond acceptors (Lipinski definition) is 7. The molecule has 3 aromatic carbocycles. The van der Waals surface area contributed by atoms with Crippen molar-refractivity contribution in [1.82, 2.24) is 10.9 Å². The summed E-state index contributed by atoms with van der Waals surface area (Å²) in [6, 6.07) is 22.4. The number of carbonyl (C=O) groups excluding carboxylic acids is 1. The lowest BCUT2D eigenvalue weighted by molar-refractivity contribution is -0.384. The molecule has 1 atom stereocenters. The first-order valence-corrected chi connectivity index (χ1v) is 11.9. The van der Waals surface area contributed by atoms with Gasteiger partial charge in [0.25, 0.3) is 11.6 Å². The predicted molar refractivity (Wildman–Crippen MR) is 124 cm³/mol. The third-order valence-electron chi connectivity index (χ3n) is 4.59. The minimum Gasteiger partial charge on any atom is -0.415 e. The van der Waals surface area contributed by atoms with Crippen molar-refractivity contribution in [1.29, 1.82) is 0 Å². The van der Waals surface area contributed by atoms with Crippen LogP contribution in [0, 0.1) is 10.1 Å². The Balaban J connectivity index is 1.81. The fourth-order valence-electron chi connectivity index (χ4n) is 2.94. The average Bonchev–Trinajstić information content (AvgIpc) is 2.82. The molecule has 0 radical (unpaired) electrons. The van der Waals surface area contributed by atoms with Crippen molar-refractivity contribution in [2.45, 2.75) is 25.5 Å². The van der Waals surface area contributed by atoms with Gasteiger partial charge in [0.05, 0.1) is 4.92 Å². The lowest BCUT2D eigenvalue weighted by atomic mass is 10.2. The number of benzene rings is 3. The second-order valence-corrected chi connectivity index (χ2v) is 9.12. The molecule has 0 spiro atoms. The number of carbonyl (C=O) groups is 1. The molecule has 2 N–H and O–H groups in total. The molecule has 0 unspecified atom stereocenters. The van der Waals surface area contributed by atoms with Crippen LogP contribution in [0.25, 0.3) is 0 Å². The van der Waals surface area contributed by atoms with Crippen molar-refractivity contribution in [2.24, 2.45) is 0 Å². The number of para-hydroxylation sites is 2. The first-order chi connectivity index (χ1) is 15.9. The Hall–Kier alpha value is -3.68. The number of hydrogen-bond donors (Lipinski definition) is 2. The third kappa shape index (κ3) is 6.65. The van der Waals surface area contributed by atoms with Crippen LogP contribution in [0.4, 0.5) is 5.69 Å². The third-order valence-corrected chi connectivity index (χ3v) is 6.67. The monoisotopic (exact) mass is 469 g/mol. The summed E-state index contributed by atoms with van der Waals surface area (Å²) in [6.07, 6.45) is 1.00. The average molecular weight is 469 g/mol. The molecule has 0 aliphatic rings. The molecule has 0 aliphatic heterocycles. The topological polar surface area (TPSA) is 120 Å². The summed E-state index contributed by atoms with van der Waals surface area (Å²) in [7, 11) is -3.87. The minimum absolute atomic E-state index is 0.125. The second-order valence-electron chi connectivity index (χ2n) is 7.06. The van der Waals surface area contributed by atoms with Crippen molar-refractivity contribution in [3.63, 3.8) is 0 Å². The first-order valence-electron chi connectivity index (χ1n) is 10.3. The van der Waals surface area contributed by atoms with Crippen LogP contribution in [0.15, 0.2) is 84.9 Å². The molecule has 9 nitrogen and oxygen atoms in total. The van der Waals surface area contributed by atoms with Crippen LogP contribution in [-0.2, 0) is 4.57 Å². The van der Waals surface area contributed by atoms with E-state index >= 15 is 0 Å². The van der Waals surface area contributed by atoms with Gasteiger partial charge in [0.1, 0.15) is 11.5 Å². The Kier molecular flexibility index (Phi) is 8.18. The van der Waals surface area contributed by atoms with Gasteiger partial charge in [-0.05, 0) is 42.8 Å². The van der Waals surface area contributed by atoms with E-state index in [4.69, 9.17) is 9.05 Å². The summed E-state index contributed by atoms with van der Waals surface area (Å²) in [5.74, 6) is -0.690. The van der Waals surface area contributed by atoms with E-state index in [1.165, 1.54) is 24.3 Å². The van der Waals surface area contributed by atoms with Crippen molar-refractivity contribution in [3.05, 3.63) is 101 Å². The molecule has 33 heavy (non-hydrogen) atoms. The summed E-state index contributed by atoms with van der Waals surface area (Å²) in [6.45, 7) is 1.90. The maximum absolute atomic E-state index is 14.0. The van der Waals surface area contributed by atoms with Crippen LogP contribution in [0.5, 0.6) is 11.5 Å². The van der Waals surface area contributed by atoms with Gasteiger partial charge >= 0.3 is 7.60 Å². The minimum atomic E-state index is -3.87. The van der Waals surface area contributed by atoms with Gasteiger partial charge in [-0.2, -0.15) is 0 Å².